The minimum atomic E-state index is -0.846. The lowest BCUT2D eigenvalue weighted by molar-refractivity contribution is -0.136. The number of hydrogen-bond donors (Lipinski definition) is 2. The van der Waals surface area contributed by atoms with Crippen molar-refractivity contribution in [1.29, 1.82) is 0 Å². The monoisotopic (exact) mass is 502 g/mol. The number of hydrogen-bond acceptors (Lipinski definition) is 6. The van der Waals surface area contributed by atoms with E-state index in [1.54, 1.807) is 0 Å². The predicted molar refractivity (Wildman–Crippen MR) is 149 cm³/mol. The maximum Gasteiger partial charge on any atom is 0.307 e. The number of carboxylic acids is 1. The van der Waals surface area contributed by atoms with Gasteiger partial charge in [-0.1, -0.05) is 31.5 Å². The summed E-state index contributed by atoms with van der Waals surface area (Å²) in [5, 5.41) is 12.9. The van der Waals surface area contributed by atoms with E-state index in [2.05, 4.69) is 60.0 Å². The molecule has 3 aromatic rings. The molecular formula is C30H38N4O3. The molecule has 2 N–H and O–H groups in total. The summed E-state index contributed by atoms with van der Waals surface area (Å²) in [6.45, 7) is 13.6. The molecule has 0 atom stereocenters. The molecule has 2 aromatic heterocycles. The van der Waals surface area contributed by atoms with Gasteiger partial charge in [0.05, 0.1) is 18.7 Å². The Kier molecular flexibility index (Phi) is 8.00. The molecule has 1 aromatic carbocycles. The molecule has 1 aliphatic heterocycles. The van der Waals surface area contributed by atoms with E-state index in [1.807, 2.05) is 37.5 Å². The highest BCUT2D eigenvalue weighted by Gasteiger charge is 2.29. The molecule has 0 spiro atoms. The number of aromatic nitrogens is 2. The second-order valence-corrected chi connectivity index (χ2v) is 10.8. The summed E-state index contributed by atoms with van der Waals surface area (Å²) in [5.74, 6) is 0.815. The Labute approximate surface area is 219 Å². The minimum absolute atomic E-state index is 0.0462. The molecule has 0 radical (unpaired) electrons. The molecule has 4 rings (SSSR count). The van der Waals surface area contributed by atoms with Crippen LogP contribution in [0.5, 0.6) is 5.75 Å². The van der Waals surface area contributed by atoms with Crippen LogP contribution in [0.2, 0.25) is 0 Å². The van der Waals surface area contributed by atoms with E-state index in [-0.39, 0.29) is 6.42 Å². The lowest BCUT2D eigenvalue weighted by Gasteiger charge is -2.40. The molecule has 0 bridgehead atoms. The molecule has 7 nitrogen and oxygen atoms in total. The molecule has 0 saturated carbocycles. The maximum absolute atomic E-state index is 11.7. The van der Waals surface area contributed by atoms with Crippen LogP contribution in [0.15, 0.2) is 42.7 Å². The summed E-state index contributed by atoms with van der Waals surface area (Å²) < 4.78 is 5.91. The van der Waals surface area contributed by atoms with Gasteiger partial charge >= 0.3 is 5.97 Å². The van der Waals surface area contributed by atoms with Gasteiger partial charge in [-0.15, -0.1) is 0 Å². The first-order chi connectivity index (χ1) is 17.6. The molecule has 1 saturated heterocycles. The maximum atomic E-state index is 11.7. The summed E-state index contributed by atoms with van der Waals surface area (Å²) in [4.78, 5) is 23.2. The van der Waals surface area contributed by atoms with Gasteiger partial charge in [-0.25, -0.2) is 4.98 Å². The van der Waals surface area contributed by atoms with Gasteiger partial charge in [-0.3, -0.25) is 9.78 Å². The first-order valence-electron chi connectivity index (χ1n) is 13.0. The standard InChI is InChI=1S/C30H38N4O3/c1-20-6-8-26(21(2)16-20)37-15-12-31-27-9-7-23(18-33-27)25-19-32-22(3)24(17-28(35)36)29(25)34-13-10-30(4,5)11-14-34/h6-9,16,18-19H,10-15,17H2,1-5H3,(H,31,33)(H,35,36). The van der Waals surface area contributed by atoms with Gasteiger partial charge < -0.3 is 20.1 Å². The smallest absolute Gasteiger partial charge is 0.307 e. The van der Waals surface area contributed by atoms with E-state index in [9.17, 15) is 9.90 Å². The molecule has 0 aliphatic carbocycles. The van der Waals surface area contributed by atoms with E-state index >= 15 is 0 Å². The SMILES string of the molecule is Cc1ccc(OCCNc2ccc(-c3cnc(C)c(CC(=O)O)c3N3CCC(C)(C)CC3)cn2)c(C)c1. The zero-order chi connectivity index (χ0) is 26.6. The summed E-state index contributed by atoms with van der Waals surface area (Å²) in [5.41, 5.74) is 7.03. The third kappa shape index (κ3) is 6.59. The summed E-state index contributed by atoms with van der Waals surface area (Å²) >= 11 is 0. The molecule has 196 valence electrons. The Balaban J connectivity index is 1.50. The van der Waals surface area contributed by atoms with Gasteiger partial charge in [-0.05, 0) is 62.8 Å². The fraction of sp³-hybridized carbons (Fsp3) is 0.433. The third-order valence-corrected chi connectivity index (χ3v) is 7.20. The number of ether oxygens (including phenoxy) is 1. The molecule has 1 fully saturated rings. The third-order valence-electron chi connectivity index (χ3n) is 7.20. The van der Waals surface area contributed by atoms with Crippen LogP contribution in [0.1, 0.15) is 49.1 Å². The van der Waals surface area contributed by atoms with Gasteiger partial charge in [0, 0.05) is 47.9 Å². The molecule has 37 heavy (non-hydrogen) atoms. The van der Waals surface area contributed by atoms with Crippen LogP contribution < -0.4 is 15.0 Å². The van der Waals surface area contributed by atoms with Crippen molar-refractivity contribution in [2.75, 3.05) is 36.5 Å². The predicted octanol–water partition coefficient (Wildman–Crippen LogP) is 5.81. The fourth-order valence-electron chi connectivity index (χ4n) is 4.86. The molecular weight excluding hydrogens is 464 g/mol. The van der Waals surface area contributed by atoms with Gasteiger partial charge in [0.15, 0.2) is 0 Å². The summed E-state index contributed by atoms with van der Waals surface area (Å²) in [7, 11) is 0. The molecule has 1 aliphatic rings. The molecule has 0 amide bonds. The van der Waals surface area contributed by atoms with Crippen molar-refractivity contribution in [2.45, 2.75) is 53.9 Å². The molecule has 0 unspecified atom stereocenters. The average molecular weight is 503 g/mol. The van der Waals surface area contributed by atoms with Gasteiger partial charge in [0.1, 0.15) is 18.2 Å². The van der Waals surface area contributed by atoms with Crippen LogP contribution >= 0.6 is 0 Å². The van der Waals surface area contributed by atoms with Crippen molar-refractivity contribution < 1.29 is 14.6 Å². The van der Waals surface area contributed by atoms with Crippen LogP contribution in [0, 0.1) is 26.2 Å². The largest absolute Gasteiger partial charge is 0.491 e. The minimum Gasteiger partial charge on any atom is -0.491 e. The summed E-state index contributed by atoms with van der Waals surface area (Å²) in [6.07, 6.45) is 5.77. The number of aliphatic carboxylic acids is 1. The van der Waals surface area contributed by atoms with E-state index < -0.39 is 5.97 Å². The Morgan fingerprint density at radius 1 is 1.08 bits per heavy atom. The van der Waals surface area contributed by atoms with Crippen LogP contribution in [-0.4, -0.2) is 47.3 Å². The first kappa shape index (κ1) is 26.5. The van der Waals surface area contributed by atoms with Gasteiger partial charge in [0.25, 0.3) is 0 Å². The Morgan fingerprint density at radius 3 is 2.49 bits per heavy atom. The van der Waals surface area contributed by atoms with Crippen molar-refractivity contribution >= 4 is 17.5 Å². The van der Waals surface area contributed by atoms with E-state index in [1.165, 1.54) is 5.56 Å². The Bertz CT molecular complexity index is 1240. The van der Waals surface area contributed by atoms with E-state index in [0.717, 1.165) is 71.1 Å². The van der Waals surface area contributed by atoms with Crippen LogP contribution in [-0.2, 0) is 11.2 Å². The number of benzene rings is 1. The van der Waals surface area contributed by atoms with Crippen LogP contribution in [0.4, 0.5) is 11.5 Å². The Morgan fingerprint density at radius 2 is 1.84 bits per heavy atom. The van der Waals surface area contributed by atoms with E-state index in [0.29, 0.717) is 18.6 Å². The number of carbonyl (C=O) groups is 1. The highest BCUT2D eigenvalue weighted by Crippen LogP contribution is 2.39. The quantitative estimate of drug-likeness (QED) is 0.357. The lowest BCUT2D eigenvalue weighted by atomic mass is 9.82. The van der Waals surface area contributed by atoms with Crippen molar-refractivity contribution in [3.63, 3.8) is 0 Å². The van der Waals surface area contributed by atoms with Crippen molar-refractivity contribution in [3.8, 4) is 16.9 Å². The zero-order valence-corrected chi connectivity index (χ0v) is 22.6. The number of pyridine rings is 2. The van der Waals surface area contributed by atoms with Crippen LogP contribution in [0.3, 0.4) is 0 Å². The molecule has 7 heteroatoms. The number of rotatable bonds is 9. The van der Waals surface area contributed by atoms with Crippen molar-refractivity contribution in [2.24, 2.45) is 5.41 Å². The number of nitrogens with zero attached hydrogens (tertiary/aromatic N) is 3. The normalized spacial score (nSPS) is 14.9. The Hall–Kier alpha value is -3.61. The van der Waals surface area contributed by atoms with Gasteiger partial charge in [-0.2, -0.15) is 0 Å². The highest BCUT2D eigenvalue weighted by atomic mass is 16.5. The van der Waals surface area contributed by atoms with Crippen LogP contribution in [0.25, 0.3) is 11.1 Å². The number of anilines is 2. The van der Waals surface area contributed by atoms with Crippen molar-refractivity contribution in [1.82, 2.24) is 9.97 Å². The number of carboxylic acid groups (broad SMARTS) is 1. The average Bonchev–Trinajstić information content (AvgIpc) is 2.85. The lowest BCUT2D eigenvalue weighted by Crippen LogP contribution is -2.38. The topological polar surface area (TPSA) is 87.6 Å². The highest BCUT2D eigenvalue weighted by molar-refractivity contribution is 5.84. The van der Waals surface area contributed by atoms with Crippen molar-refractivity contribution in [3.05, 3.63) is 65.1 Å². The first-order valence-corrected chi connectivity index (χ1v) is 13.0. The fourth-order valence-corrected chi connectivity index (χ4v) is 4.86. The number of piperidine rings is 1. The number of aryl methyl sites for hydroxylation is 3. The number of nitrogens with one attached hydrogen (secondary N) is 1. The second kappa shape index (κ2) is 11.2. The van der Waals surface area contributed by atoms with E-state index in [4.69, 9.17) is 4.74 Å². The second-order valence-electron chi connectivity index (χ2n) is 10.8. The summed E-state index contributed by atoms with van der Waals surface area (Å²) in [6, 6.07) is 10.1. The van der Waals surface area contributed by atoms with Gasteiger partial charge in [0.2, 0.25) is 0 Å². The molecule has 3 heterocycles. The zero-order valence-electron chi connectivity index (χ0n) is 22.6.